The van der Waals surface area contributed by atoms with Crippen LogP contribution in [0.15, 0.2) is 12.1 Å². The molecule has 0 spiro atoms. The fraction of sp³-hybridized carbons (Fsp3) is 0.667. The number of nitrogens with zero attached hydrogens (tertiary/aromatic N) is 1. The van der Waals surface area contributed by atoms with Crippen molar-refractivity contribution >= 4 is 11.6 Å². The third kappa shape index (κ3) is 2.86. The standard InChI is InChI=1S/C15H21ClN2/c16-15-7-6-12-10-17-13(9-14(12)18-15)8-11-4-2-1-3-5-11/h6-7,11,13,17H,1-5,8-10H2. The van der Waals surface area contributed by atoms with E-state index < -0.39 is 0 Å². The first-order valence-electron chi connectivity index (χ1n) is 7.19. The minimum absolute atomic E-state index is 0.603. The molecule has 1 unspecified atom stereocenters. The average Bonchev–Trinajstić information content (AvgIpc) is 2.39. The largest absolute Gasteiger partial charge is 0.309 e. The average molecular weight is 265 g/mol. The molecule has 18 heavy (non-hydrogen) atoms. The van der Waals surface area contributed by atoms with Gasteiger partial charge in [-0.25, -0.2) is 4.98 Å². The second kappa shape index (κ2) is 5.58. The van der Waals surface area contributed by atoms with Crippen LogP contribution in [0.4, 0.5) is 0 Å². The Bertz CT molecular complexity index is 413. The van der Waals surface area contributed by atoms with Gasteiger partial charge in [-0.15, -0.1) is 0 Å². The maximum Gasteiger partial charge on any atom is 0.129 e. The van der Waals surface area contributed by atoms with Crippen molar-refractivity contribution in [3.63, 3.8) is 0 Å². The molecule has 1 aliphatic carbocycles. The second-order valence-electron chi connectivity index (χ2n) is 5.76. The predicted molar refractivity (Wildman–Crippen MR) is 74.8 cm³/mol. The van der Waals surface area contributed by atoms with Crippen molar-refractivity contribution in [2.75, 3.05) is 0 Å². The molecule has 0 bridgehead atoms. The Morgan fingerprint density at radius 1 is 1.22 bits per heavy atom. The highest BCUT2D eigenvalue weighted by molar-refractivity contribution is 6.29. The molecule has 0 aromatic carbocycles. The number of fused-ring (bicyclic) bond motifs is 1. The highest BCUT2D eigenvalue weighted by Gasteiger charge is 2.23. The number of nitrogens with one attached hydrogen (secondary N) is 1. The van der Waals surface area contributed by atoms with Crippen LogP contribution in [0.3, 0.4) is 0 Å². The lowest BCUT2D eigenvalue weighted by atomic mass is 9.83. The SMILES string of the molecule is Clc1ccc2c(n1)CC(CC1CCCCC1)NC2. The molecule has 1 atom stereocenters. The monoisotopic (exact) mass is 264 g/mol. The summed E-state index contributed by atoms with van der Waals surface area (Å²) in [4.78, 5) is 4.48. The van der Waals surface area contributed by atoms with E-state index in [4.69, 9.17) is 11.6 Å². The summed E-state index contributed by atoms with van der Waals surface area (Å²) in [5.41, 5.74) is 2.53. The summed E-state index contributed by atoms with van der Waals surface area (Å²) in [5, 5.41) is 4.29. The van der Waals surface area contributed by atoms with Gasteiger partial charge in [-0.2, -0.15) is 0 Å². The maximum atomic E-state index is 5.98. The van der Waals surface area contributed by atoms with Crippen LogP contribution in [0.5, 0.6) is 0 Å². The van der Waals surface area contributed by atoms with Crippen LogP contribution in [-0.4, -0.2) is 11.0 Å². The van der Waals surface area contributed by atoms with E-state index in [0.717, 1.165) is 18.9 Å². The van der Waals surface area contributed by atoms with Gasteiger partial charge in [0, 0.05) is 24.7 Å². The molecule has 0 amide bonds. The molecule has 1 aliphatic heterocycles. The molecule has 0 saturated heterocycles. The van der Waals surface area contributed by atoms with Gasteiger partial charge in [0.1, 0.15) is 5.15 Å². The number of hydrogen-bond donors (Lipinski definition) is 1. The maximum absolute atomic E-state index is 5.98. The van der Waals surface area contributed by atoms with Gasteiger partial charge in [-0.1, -0.05) is 49.8 Å². The van der Waals surface area contributed by atoms with Crippen LogP contribution < -0.4 is 5.32 Å². The molecular formula is C15H21ClN2. The van der Waals surface area contributed by atoms with E-state index >= 15 is 0 Å². The number of rotatable bonds is 2. The van der Waals surface area contributed by atoms with Crippen LogP contribution in [0.2, 0.25) is 5.15 Å². The Morgan fingerprint density at radius 3 is 2.89 bits per heavy atom. The lowest BCUT2D eigenvalue weighted by Gasteiger charge is -2.30. The fourth-order valence-corrected chi connectivity index (χ4v) is 3.56. The minimum Gasteiger partial charge on any atom is -0.309 e. The highest BCUT2D eigenvalue weighted by atomic mass is 35.5. The molecule has 1 N–H and O–H groups in total. The number of halogens is 1. The van der Waals surface area contributed by atoms with Gasteiger partial charge in [0.05, 0.1) is 0 Å². The van der Waals surface area contributed by atoms with E-state index in [0.29, 0.717) is 11.2 Å². The summed E-state index contributed by atoms with van der Waals surface area (Å²) >= 11 is 5.98. The fourth-order valence-electron chi connectivity index (χ4n) is 3.39. The quantitative estimate of drug-likeness (QED) is 0.824. The zero-order valence-electron chi connectivity index (χ0n) is 10.8. The van der Waals surface area contributed by atoms with Crippen molar-refractivity contribution in [3.8, 4) is 0 Å². The summed E-state index contributed by atoms with van der Waals surface area (Å²) in [5.74, 6) is 0.928. The number of aromatic nitrogens is 1. The summed E-state index contributed by atoms with van der Waals surface area (Å²) in [7, 11) is 0. The molecule has 1 aromatic heterocycles. The van der Waals surface area contributed by atoms with E-state index in [1.54, 1.807) is 0 Å². The number of pyridine rings is 1. The van der Waals surface area contributed by atoms with Crippen molar-refractivity contribution in [2.24, 2.45) is 5.92 Å². The molecule has 0 radical (unpaired) electrons. The molecule has 2 heterocycles. The Kier molecular flexibility index (Phi) is 3.86. The summed E-state index contributed by atoms with van der Waals surface area (Å²) in [6.45, 7) is 0.955. The van der Waals surface area contributed by atoms with Gasteiger partial charge in [0.2, 0.25) is 0 Å². The third-order valence-corrected chi connectivity index (χ3v) is 4.61. The molecule has 2 aliphatic rings. The Morgan fingerprint density at radius 2 is 2.06 bits per heavy atom. The summed E-state index contributed by atoms with van der Waals surface area (Å²) in [6, 6.07) is 4.60. The normalized spacial score (nSPS) is 24.8. The smallest absolute Gasteiger partial charge is 0.129 e. The molecule has 1 saturated carbocycles. The van der Waals surface area contributed by atoms with Crippen LogP contribution in [0.1, 0.15) is 49.8 Å². The lowest BCUT2D eigenvalue weighted by Crippen LogP contribution is -2.37. The van der Waals surface area contributed by atoms with E-state index in [1.165, 1.54) is 49.8 Å². The molecule has 98 valence electrons. The topological polar surface area (TPSA) is 24.9 Å². The van der Waals surface area contributed by atoms with E-state index in [1.807, 2.05) is 6.07 Å². The van der Waals surface area contributed by atoms with Crippen LogP contribution >= 0.6 is 11.6 Å². The van der Waals surface area contributed by atoms with Crippen molar-refractivity contribution in [3.05, 3.63) is 28.5 Å². The van der Waals surface area contributed by atoms with Crippen molar-refractivity contribution < 1.29 is 0 Å². The molecular weight excluding hydrogens is 244 g/mol. The van der Waals surface area contributed by atoms with Crippen LogP contribution in [0, 0.1) is 5.92 Å². The van der Waals surface area contributed by atoms with Crippen LogP contribution in [-0.2, 0) is 13.0 Å². The third-order valence-electron chi connectivity index (χ3n) is 4.40. The predicted octanol–water partition coefficient (Wildman–Crippen LogP) is 3.72. The van der Waals surface area contributed by atoms with Gasteiger partial charge in [0.15, 0.2) is 0 Å². The highest BCUT2D eigenvalue weighted by Crippen LogP contribution is 2.29. The molecule has 1 fully saturated rings. The van der Waals surface area contributed by atoms with Gasteiger partial charge >= 0.3 is 0 Å². The zero-order valence-corrected chi connectivity index (χ0v) is 11.5. The van der Waals surface area contributed by atoms with Gasteiger partial charge in [0.25, 0.3) is 0 Å². The second-order valence-corrected chi connectivity index (χ2v) is 6.15. The Hall–Kier alpha value is -0.600. The zero-order chi connectivity index (χ0) is 12.4. The summed E-state index contributed by atoms with van der Waals surface area (Å²) < 4.78 is 0. The van der Waals surface area contributed by atoms with E-state index in [-0.39, 0.29) is 0 Å². The lowest BCUT2D eigenvalue weighted by molar-refractivity contribution is 0.289. The van der Waals surface area contributed by atoms with Crippen molar-refractivity contribution in [1.29, 1.82) is 0 Å². The number of hydrogen-bond acceptors (Lipinski definition) is 2. The van der Waals surface area contributed by atoms with Crippen molar-refractivity contribution in [2.45, 2.75) is 57.5 Å². The first-order valence-corrected chi connectivity index (χ1v) is 7.57. The molecule has 3 heteroatoms. The first kappa shape index (κ1) is 12.4. The van der Waals surface area contributed by atoms with Gasteiger partial charge in [-0.3, -0.25) is 0 Å². The van der Waals surface area contributed by atoms with Crippen LogP contribution in [0.25, 0.3) is 0 Å². The Balaban J connectivity index is 1.63. The van der Waals surface area contributed by atoms with Gasteiger partial charge in [-0.05, 0) is 24.0 Å². The Labute approximate surface area is 114 Å². The van der Waals surface area contributed by atoms with Crippen molar-refractivity contribution in [1.82, 2.24) is 10.3 Å². The minimum atomic E-state index is 0.603. The van der Waals surface area contributed by atoms with E-state index in [2.05, 4.69) is 16.4 Å². The molecule has 3 rings (SSSR count). The van der Waals surface area contributed by atoms with E-state index in [9.17, 15) is 0 Å². The molecule has 2 nitrogen and oxygen atoms in total. The molecule has 1 aromatic rings. The van der Waals surface area contributed by atoms with Gasteiger partial charge < -0.3 is 5.32 Å². The summed E-state index contributed by atoms with van der Waals surface area (Å²) in [6.07, 6.45) is 9.51. The first-order chi connectivity index (χ1) is 8.81.